The van der Waals surface area contributed by atoms with E-state index in [9.17, 15) is 0 Å². The summed E-state index contributed by atoms with van der Waals surface area (Å²) in [6.07, 6.45) is 1.98. The van der Waals surface area contributed by atoms with E-state index in [1.165, 1.54) is 0 Å². The molecule has 0 aliphatic heterocycles. The van der Waals surface area contributed by atoms with Crippen LogP contribution in [0.5, 0.6) is 0 Å². The molecule has 0 unspecified atom stereocenters. The molecule has 0 saturated carbocycles. The van der Waals surface area contributed by atoms with Crippen LogP contribution in [0.25, 0.3) is 0 Å². The summed E-state index contributed by atoms with van der Waals surface area (Å²) in [7, 11) is 0. The molecule has 0 fully saturated rings. The molecule has 2 aromatic rings. The van der Waals surface area contributed by atoms with Crippen molar-refractivity contribution < 1.29 is 0 Å². The normalized spacial score (nSPS) is 10.4. The third-order valence-corrected chi connectivity index (χ3v) is 2.74. The van der Waals surface area contributed by atoms with Crippen LogP contribution in [-0.4, -0.2) is 0 Å². The highest BCUT2D eigenvalue weighted by Crippen LogP contribution is 2.23. The lowest BCUT2D eigenvalue weighted by Crippen LogP contribution is -1.85. The maximum atomic E-state index is 5.92. The Labute approximate surface area is 110 Å². The van der Waals surface area contributed by atoms with Crippen LogP contribution in [0.1, 0.15) is 11.1 Å². The first-order chi connectivity index (χ1) is 7.63. The first kappa shape index (κ1) is 11.8. The summed E-state index contributed by atoms with van der Waals surface area (Å²) in [5.74, 6) is 0. The molecule has 0 atom stereocenters. The summed E-state index contributed by atoms with van der Waals surface area (Å²) in [4.78, 5) is 0. The Balaban J connectivity index is 2.27. The molecule has 0 aliphatic rings. The summed E-state index contributed by atoms with van der Waals surface area (Å²) >= 11 is 17.7. The molecule has 1 radical (unpaired) electrons. The van der Waals surface area contributed by atoms with Crippen LogP contribution in [-0.2, 0) is 0 Å². The van der Waals surface area contributed by atoms with E-state index in [4.69, 9.17) is 34.8 Å². The van der Waals surface area contributed by atoms with Crippen LogP contribution in [0.3, 0.4) is 0 Å². The molecular formula is C13H8Cl3. The van der Waals surface area contributed by atoms with Crippen LogP contribution in [0.15, 0.2) is 42.5 Å². The lowest BCUT2D eigenvalue weighted by Gasteiger charge is -2.03. The van der Waals surface area contributed by atoms with Crippen molar-refractivity contribution in [3.63, 3.8) is 0 Å². The molecule has 3 heteroatoms. The van der Waals surface area contributed by atoms with Crippen molar-refractivity contribution in [2.24, 2.45) is 0 Å². The van der Waals surface area contributed by atoms with Gasteiger partial charge in [0, 0.05) is 21.5 Å². The van der Waals surface area contributed by atoms with E-state index in [0.717, 1.165) is 11.1 Å². The largest absolute Gasteiger partial charge is 0.0843 e. The zero-order valence-corrected chi connectivity index (χ0v) is 10.5. The van der Waals surface area contributed by atoms with Gasteiger partial charge in [0.2, 0.25) is 0 Å². The Kier molecular flexibility index (Phi) is 3.75. The van der Waals surface area contributed by atoms with Gasteiger partial charge in [-0.1, -0.05) is 46.9 Å². The molecule has 0 bridgehead atoms. The molecule has 0 spiro atoms. The molecule has 0 heterocycles. The number of halogens is 3. The van der Waals surface area contributed by atoms with Crippen LogP contribution < -0.4 is 0 Å². The summed E-state index contributed by atoms with van der Waals surface area (Å²) in [6.45, 7) is 0. The van der Waals surface area contributed by atoms with Crippen LogP contribution in [0, 0.1) is 6.42 Å². The predicted octanol–water partition coefficient (Wildman–Crippen LogP) is 5.25. The molecule has 0 nitrogen and oxygen atoms in total. The smallest absolute Gasteiger partial charge is 0.0423 e. The fourth-order valence-electron chi connectivity index (χ4n) is 1.45. The van der Waals surface area contributed by atoms with Crippen molar-refractivity contribution >= 4 is 34.8 Å². The molecular weight excluding hydrogens is 263 g/mol. The standard InChI is InChI=1S/C13H8Cl3/c14-11-3-1-2-9(5-11)4-10-6-12(15)8-13(16)7-10/h1-8H. The van der Waals surface area contributed by atoms with Crippen molar-refractivity contribution in [2.45, 2.75) is 0 Å². The van der Waals surface area contributed by atoms with Crippen molar-refractivity contribution in [3.05, 3.63) is 75.1 Å². The van der Waals surface area contributed by atoms with Crippen molar-refractivity contribution in [2.75, 3.05) is 0 Å². The number of hydrogen-bond donors (Lipinski definition) is 0. The lowest BCUT2D eigenvalue weighted by atomic mass is 10.1. The number of hydrogen-bond acceptors (Lipinski definition) is 0. The van der Waals surface area contributed by atoms with Gasteiger partial charge in [0.15, 0.2) is 0 Å². The maximum absolute atomic E-state index is 5.92. The number of rotatable bonds is 2. The Morgan fingerprint density at radius 3 is 1.94 bits per heavy atom. The molecule has 0 amide bonds. The van der Waals surface area contributed by atoms with Gasteiger partial charge in [0.1, 0.15) is 0 Å². The average Bonchev–Trinajstić information content (AvgIpc) is 2.15. The molecule has 2 aromatic carbocycles. The van der Waals surface area contributed by atoms with E-state index in [1.807, 2.05) is 42.8 Å². The topological polar surface area (TPSA) is 0 Å². The van der Waals surface area contributed by atoms with Gasteiger partial charge in [-0.3, -0.25) is 0 Å². The molecule has 0 saturated heterocycles. The third kappa shape index (κ3) is 3.15. The van der Waals surface area contributed by atoms with Gasteiger partial charge in [-0.15, -0.1) is 0 Å². The Hall–Kier alpha value is -0.690. The van der Waals surface area contributed by atoms with Crippen molar-refractivity contribution in [1.82, 2.24) is 0 Å². The first-order valence-electron chi connectivity index (χ1n) is 4.70. The maximum Gasteiger partial charge on any atom is 0.0423 e. The molecule has 2 rings (SSSR count). The van der Waals surface area contributed by atoms with E-state index in [-0.39, 0.29) is 0 Å². The van der Waals surface area contributed by atoms with E-state index < -0.39 is 0 Å². The average molecular weight is 271 g/mol. The summed E-state index contributed by atoms with van der Waals surface area (Å²) < 4.78 is 0. The summed E-state index contributed by atoms with van der Waals surface area (Å²) in [5, 5.41) is 1.96. The van der Waals surface area contributed by atoms with Gasteiger partial charge in [-0.05, 0) is 41.5 Å². The second-order valence-electron chi connectivity index (χ2n) is 3.40. The lowest BCUT2D eigenvalue weighted by molar-refractivity contribution is 1.43. The minimum Gasteiger partial charge on any atom is -0.0843 e. The minimum atomic E-state index is 0.626. The highest BCUT2D eigenvalue weighted by Gasteiger charge is 2.01. The van der Waals surface area contributed by atoms with E-state index in [2.05, 4.69) is 0 Å². The zero-order chi connectivity index (χ0) is 11.5. The fourth-order valence-corrected chi connectivity index (χ4v) is 2.19. The highest BCUT2D eigenvalue weighted by atomic mass is 35.5. The molecule has 0 N–H and O–H groups in total. The molecule has 81 valence electrons. The summed E-state index contributed by atoms with van der Waals surface area (Å²) in [6, 6.07) is 13.0. The monoisotopic (exact) mass is 269 g/mol. The van der Waals surface area contributed by atoms with E-state index in [1.54, 1.807) is 6.07 Å². The third-order valence-electron chi connectivity index (χ3n) is 2.07. The van der Waals surface area contributed by atoms with Gasteiger partial charge in [0.05, 0.1) is 0 Å². The van der Waals surface area contributed by atoms with Crippen molar-refractivity contribution in [1.29, 1.82) is 0 Å². The van der Waals surface area contributed by atoms with E-state index >= 15 is 0 Å². The highest BCUT2D eigenvalue weighted by molar-refractivity contribution is 6.34. The zero-order valence-electron chi connectivity index (χ0n) is 8.25. The van der Waals surface area contributed by atoms with E-state index in [0.29, 0.717) is 15.1 Å². The Morgan fingerprint density at radius 2 is 1.31 bits per heavy atom. The van der Waals surface area contributed by atoms with Gasteiger partial charge < -0.3 is 0 Å². The quantitative estimate of drug-likeness (QED) is 0.699. The molecule has 0 aliphatic carbocycles. The Morgan fingerprint density at radius 1 is 0.688 bits per heavy atom. The second kappa shape index (κ2) is 5.09. The molecule has 16 heavy (non-hydrogen) atoms. The van der Waals surface area contributed by atoms with Gasteiger partial charge >= 0.3 is 0 Å². The number of benzene rings is 2. The SMILES string of the molecule is Clc1cccc([CH]c2cc(Cl)cc(Cl)c2)c1. The fraction of sp³-hybridized carbons (Fsp3) is 0. The second-order valence-corrected chi connectivity index (χ2v) is 4.71. The van der Waals surface area contributed by atoms with Crippen LogP contribution in [0.2, 0.25) is 15.1 Å². The summed E-state index contributed by atoms with van der Waals surface area (Å²) in [5.41, 5.74) is 1.98. The van der Waals surface area contributed by atoms with Gasteiger partial charge in [0.25, 0.3) is 0 Å². The van der Waals surface area contributed by atoms with Gasteiger partial charge in [-0.25, -0.2) is 0 Å². The Bertz CT molecular complexity index is 486. The molecule has 0 aromatic heterocycles. The van der Waals surface area contributed by atoms with Gasteiger partial charge in [-0.2, -0.15) is 0 Å². The van der Waals surface area contributed by atoms with Crippen LogP contribution in [0.4, 0.5) is 0 Å². The van der Waals surface area contributed by atoms with Crippen LogP contribution >= 0.6 is 34.8 Å². The van der Waals surface area contributed by atoms with Crippen molar-refractivity contribution in [3.8, 4) is 0 Å². The minimum absolute atomic E-state index is 0.626. The first-order valence-corrected chi connectivity index (χ1v) is 5.83. The predicted molar refractivity (Wildman–Crippen MR) is 70.4 cm³/mol.